The van der Waals surface area contributed by atoms with Gasteiger partial charge in [-0.15, -0.1) is 0 Å². The van der Waals surface area contributed by atoms with Gasteiger partial charge in [0.1, 0.15) is 11.6 Å². The van der Waals surface area contributed by atoms with Gasteiger partial charge in [0.2, 0.25) is 0 Å². The standard InChI is InChI=1S/C23H37FN2O6/c1-6-7-30-17-9-15(8-16(24)11-17)10-18(25)20(27)19-12-31-21(32-13-23(3,4)5)14(2)26(19)22(28)29/h8-9,11,14,18-21,27H,6-7,10,12-13,25H2,1-5H3,(H,28,29)/t14-,18?,19+,20?,21-/m0/s1. The topological polar surface area (TPSA) is 114 Å². The molecule has 1 amide bonds. The molecular formula is C23H37FN2O6. The van der Waals surface area contributed by atoms with Gasteiger partial charge >= 0.3 is 6.09 Å². The van der Waals surface area contributed by atoms with Gasteiger partial charge in [0, 0.05) is 12.1 Å². The van der Waals surface area contributed by atoms with Crippen LogP contribution in [0.4, 0.5) is 9.18 Å². The van der Waals surface area contributed by atoms with E-state index < -0.39 is 42.4 Å². The number of carboxylic acid groups (broad SMARTS) is 1. The van der Waals surface area contributed by atoms with E-state index in [4.69, 9.17) is 19.9 Å². The second kappa shape index (κ2) is 11.3. The van der Waals surface area contributed by atoms with Crippen LogP contribution in [0.25, 0.3) is 0 Å². The van der Waals surface area contributed by atoms with Gasteiger partial charge in [0.15, 0.2) is 6.29 Å². The van der Waals surface area contributed by atoms with Gasteiger partial charge in [0.25, 0.3) is 0 Å². The second-order valence-corrected chi connectivity index (χ2v) is 9.57. The van der Waals surface area contributed by atoms with Crippen molar-refractivity contribution in [3.8, 4) is 5.75 Å². The Balaban J connectivity index is 2.09. The molecule has 1 heterocycles. The molecule has 182 valence electrons. The first-order valence-electron chi connectivity index (χ1n) is 11.0. The summed E-state index contributed by atoms with van der Waals surface area (Å²) in [5.41, 5.74) is 6.66. The quantitative estimate of drug-likeness (QED) is 0.523. The number of nitrogens with two attached hydrogens (primary N) is 1. The average molecular weight is 457 g/mol. The van der Waals surface area contributed by atoms with Crippen molar-refractivity contribution >= 4 is 6.09 Å². The zero-order valence-corrected chi connectivity index (χ0v) is 19.6. The van der Waals surface area contributed by atoms with Crippen LogP contribution in [0.15, 0.2) is 18.2 Å². The molecule has 0 bridgehead atoms. The van der Waals surface area contributed by atoms with Crippen molar-refractivity contribution in [2.75, 3.05) is 19.8 Å². The Labute approximate surface area is 189 Å². The van der Waals surface area contributed by atoms with Gasteiger partial charge in [-0.3, -0.25) is 4.90 Å². The van der Waals surface area contributed by atoms with E-state index in [0.29, 0.717) is 24.5 Å². The van der Waals surface area contributed by atoms with Crippen molar-refractivity contribution in [1.82, 2.24) is 4.90 Å². The van der Waals surface area contributed by atoms with Gasteiger partial charge in [-0.2, -0.15) is 0 Å². The maximum Gasteiger partial charge on any atom is 0.408 e. The largest absolute Gasteiger partial charge is 0.493 e. The summed E-state index contributed by atoms with van der Waals surface area (Å²) in [6, 6.07) is 1.94. The first-order valence-corrected chi connectivity index (χ1v) is 11.0. The predicted molar refractivity (Wildman–Crippen MR) is 118 cm³/mol. The molecule has 4 N–H and O–H groups in total. The number of nitrogens with zero attached hydrogens (tertiary/aromatic N) is 1. The molecule has 0 saturated carbocycles. The number of rotatable bonds is 9. The Morgan fingerprint density at radius 2 is 2.06 bits per heavy atom. The molecular weight excluding hydrogens is 419 g/mol. The van der Waals surface area contributed by atoms with Crippen molar-refractivity contribution in [2.45, 2.75) is 78.0 Å². The molecule has 2 rings (SSSR count). The van der Waals surface area contributed by atoms with Crippen LogP contribution in [0.3, 0.4) is 0 Å². The maximum atomic E-state index is 14.0. The van der Waals surface area contributed by atoms with E-state index in [1.54, 1.807) is 13.0 Å². The number of amides is 1. The molecule has 1 aromatic carbocycles. The normalized spacial score (nSPS) is 23.6. The Kier molecular flexibility index (Phi) is 9.27. The molecule has 0 aromatic heterocycles. The number of aliphatic hydroxyl groups is 1. The van der Waals surface area contributed by atoms with Crippen molar-refractivity contribution in [3.05, 3.63) is 29.6 Å². The number of hydrogen-bond acceptors (Lipinski definition) is 6. The smallest absolute Gasteiger partial charge is 0.408 e. The zero-order valence-electron chi connectivity index (χ0n) is 19.6. The van der Waals surface area contributed by atoms with Crippen LogP contribution < -0.4 is 10.5 Å². The fourth-order valence-corrected chi connectivity index (χ4v) is 3.66. The SMILES string of the molecule is CCCOc1cc(F)cc(CC(N)C(O)[C@H]2CO[C@@H](OCC(C)(C)C)[C@H](C)N2C(=O)O)c1. The summed E-state index contributed by atoms with van der Waals surface area (Å²) in [7, 11) is 0. The average Bonchev–Trinajstić information content (AvgIpc) is 2.69. The zero-order chi connectivity index (χ0) is 24.1. The molecule has 1 aliphatic rings. The summed E-state index contributed by atoms with van der Waals surface area (Å²) >= 11 is 0. The molecule has 1 aliphatic heterocycles. The number of ether oxygens (including phenoxy) is 3. The Morgan fingerprint density at radius 3 is 2.66 bits per heavy atom. The molecule has 0 aliphatic carbocycles. The van der Waals surface area contributed by atoms with Crippen molar-refractivity contribution < 1.29 is 33.6 Å². The lowest BCUT2D eigenvalue weighted by Gasteiger charge is -2.45. The maximum absolute atomic E-state index is 14.0. The van der Waals surface area contributed by atoms with Gasteiger partial charge in [-0.25, -0.2) is 9.18 Å². The van der Waals surface area contributed by atoms with Crippen LogP contribution in [-0.2, 0) is 15.9 Å². The van der Waals surface area contributed by atoms with Gasteiger partial charge in [-0.1, -0.05) is 27.7 Å². The molecule has 0 radical (unpaired) electrons. The van der Waals surface area contributed by atoms with E-state index >= 15 is 0 Å². The number of benzene rings is 1. The number of hydrogen-bond donors (Lipinski definition) is 3. The highest BCUT2D eigenvalue weighted by Crippen LogP contribution is 2.26. The lowest BCUT2D eigenvalue weighted by atomic mass is 9.94. The molecule has 32 heavy (non-hydrogen) atoms. The Bertz CT molecular complexity index is 756. The number of morpholine rings is 1. The van der Waals surface area contributed by atoms with Crippen LogP contribution in [-0.4, -0.2) is 71.5 Å². The third kappa shape index (κ3) is 7.30. The fourth-order valence-electron chi connectivity index (χ4n) is 3.66. The lowest BCUT2D eigenvalue weighted by molar-refractivity contribution is -0.231. The highest BCUT2D eigenvalue weighted by molar-refractivity contribution is 5.66. The number of carbonyl (C=O) groups is 1. The monoisotopic (exact) mass is 456 g/mol. The van der Waals surface area contributed by atoms with E-state index in [-0.39, 0.29) is 18.4 Å². The molecule has 1 fully saturated rings. The molecule has 5 atom stereocenters. The summed E-state index contributed by atoms with van der Waals surface area (Å²) < 4.78 is 31.0. The minimum atomic E-state index is -1.22. The van der Waals surface area contributed by atoms with Crippen LogP contribution in [0.1, 0.15) is 46.6 Å². The highest BCUT2D eigenvalue weighted by atomic mass is 19.1. The minimum absolute atomic E-state index is 0.0612. The van der Waals surface area contributed by atoms with Gasteiger partial charge in [0.05, 0.1) is 38.0 Å². The first-order chi connectivity index (χ1) is 14.9. The van der Waals surface area contributed by atoms with Crippen LogP contribution >= 0.6 is 0 Å². The lowest BCUT2D eigenvalue weighted by Crippen LogP contribution is -2.64. The number of halogens is 1. The van der Waals surface area contributed by atoms with E-state index in [0.717, 1.165) is 11.3 Å². The first kappa shape index (κ1) is 26.3. The van der Waals surface area contributed by atoms with Crippen LogP contribution in [0.5, 0.6) is 5.75 Å². The van der Waals surface area contributed by atoms with E-state index in [1.165, 1.54) is 12.1 Å². The van der Waals surface area contributed by atoms with Crippen LogP contribution in [0.2, 0.25) is 0 Å². The molecule has 1 saturated heterocycles. The Morgan fingerprint density at radius 1 is 1.38 bits per heavy atom. The fraction of sp³-hybridized carbons (Fsp3) is 0.696. The molecule has 0 spiro atoms. The molecule has 1 aromatic rings. The second-order valence-electron chi connectivity index (χ2n) is 9.57. The van der Waals surface area contributed by atoms with E-state index in [2.05, 4.69) is 0 Å². The minimum Gasteiger partial charge on any atom is -0.493 e. The summed E-state index contributed by atoms with van der Waals surface area (Å²) in [4.78, 5) is 13.1. The molecule has 2 unspecified atom stereocenters. The van der Waals surface area contributed by atoms with Crippen LogP contribution in [0, 0.1) is 11.2 Å². The van der Waals surface area contributed by atoms with Gasteiger partial charge in [-0.05, 0) is 42.9 Å². The summed E-state index contributed by atoms with van der Waals surface area (Å²) in [6.07, 6.45) is -2.23. The summed E-state index contributed by atoms with van der Waals surface area (Å²) in [5.74, 6) is -0.0694. The predicted octanol–water partition coefficient (Wildman–Crippen LogP) is 3.00. The van der Waals surface area contributed by atoms with Crippen molar-refractivity contribution in [1.29, 1.82) is 0 Å². The molecule has 8 nitrogen and oxygen atoms in total. The van der Waals surface area contributed by atoms with Gasteiger partial charge < -0.3 is 30.2 Å². The number of aliphatic hydroxyl groups excluding tert-OH is 1. The van der Waals surface area contributed by atoms with E-state index in [1.807, 2.05) is 27.7 Å². The van der Waals surface area contributed by atoms with Crippen molar-refractivity contribution in [2.24, 2.45) is 11.1 Å². The summed E-state index contributed by atoms with van der Waals surface area (Å²) in [6.45, 7) is 10.4. The third-order valence-electron chi connectivity index (χ3n) is 5.23. The summed E-state index contributed by atoms with van der Waals surface area (Å²) in [5, 5.41) is 20.7. The highest BCUT2D eigenvalue weighted by Gasteiger charge is 2.44. The third-order valence-corrected chi connectivity index (χ3v) is 5.23. The van der Waals surface area contributed by atoms with E-state index in [9.17, 15) is 19.4 Å². The van der Waals surface area contributed by atoms with Crippen molar-refractivity contribution in [3.63, 3.8) is 0 Å². The molecule has 9 heteroatoms. The Hall–Kier alpha value is -1.94.